The van der Waals surface area contributed by atoms with Crippen molar-refractivity contribution in [1.82, 2.24) is 4.98 Å². The second kappa shape index (κ2) is 7.95. The van der Waals surface area contributed by atoms with Gasteiger partial charge in [-0.05, 0) is 31.5 Å². The second-order valence-corrected chi connectivity index (χ2v) is 6.17. The van der Waals surface area contributed by atoms with Crippen molar-refractivity contribution in [2.45, 2.75) is 32.8 Å². The summed E-state index contributed by atoms with van der Waals surface area (Å²) in [6.07, 6.45) is 1.75. The van der Waals surface area contributed by atoms with Gasteiger partial charge in [0.05, 0.1) is 12.6 Å². The monoisotopic (exact) mass is 353 g/mol. The minimum Gasteiger partial charge on any atom is -0.458 e. The van der Waals surface area contributed by atoms with E-state index in [1.807, 2.05) is 31.2 Å². The van der Waals surface area contributed by atoms with Gasteiger partial charge in [0, 0.05) is 12.0 Å². The highest BCUT2D eigenvalue weighted by molar-refractivity contribution is 5.70. The van der Waals surface area contributed by atoms with Crippen molar-refractivity contribution >= 4 is 5.97 Å². The van der Waals surface area contributed by atoms with E-state index in [1.165, 1.54) is 17.7 Å². The summed E-state index contributed by atoms with van der Waals surface area (Å²) >= 11 is 0. The number of aryl methyl sites for hydroxylation is 2. The number of aromatic nitrogens is 1. The number of esters is 1. The van der Waals surface area contributed by atoms with E-state index in [0.29, 0.717) is 18.1 Å². The summed E-state index contributed by atoms with van der Waals surface area (Å²) < 4.78 is 24.0. The van der Waals surface area contributed by atoms with Crippen molar-refractivity contribution in [1.29, 1.82) is 0 Å². The first-order valence-electron chi connectivity index (χ1n) is 8.48. The van der Waals surface area contributed by atoms with Crippen LogP contribution in [0.25, 0.3) is 11.3 Å². The van der Waals surface area contributed by atoms with Gasteiger partial charge in [0.25, 0.3) is 0 Å². The van der Waals surface area contributed by atoms with Gasteiger partial charge in [0.1, 0.15) is 11.9 Å². The Hall–Kier alpha value is -2.95. The minimum atomic E-state index is -0.434. The first kappa shape index (κ1) is 17.9. The number of hydrogen-bond acceptors (Lipinski definition) is 4. The molecule has 1 heterocycles. The maximum Gasteiger partial charge on any atom is 0.306 e. The lowest BCUT2D eigenvalue weighted by molar-refractivity contribution is -0.148. The Morgan fingerprint density at radius 2 is 1.85 bits per heavy atom. The molecular weight excluding hydrogens is 333 g/mol. The van der Waals surface area contributed by atoms with Gasteiger partial charge in [0.2, 0.25) is 0 Å². The predicted molar refractivity (Wildman–Crippen MR) is 95.9 cm³/mol. The molecular formula is C21H20FNO3. The fraction of sp³-hybridized carbons (Fsp3) is 0.238. The highest BCUT2D eigenvalue weighted by Gasteiger charge is 2.14. The molecule has 0 aliphatic heterocycles. The molecule has 134 valence electrons. The SMILES string of the molecule is Cc1ccc(-c2cnc(CCC(=O)OC(C)c3ccc(F)cc3)o2)cc1. The third kappa shape index (κ3) is 4.57. The molecule has 1 atom stereocenters. The summed E-state index contributed by atoms with van der Waals surface area (Å²) in [5.74, 6) is 0.498. The fourth-order valence-corrected chi connectivity index (χ4v) is 2.54. The number of halogens is 1. The van der Waals surface area contributed by atoms with Crippen LogP contribution in [0.1, 0.15) is 36.5 Å². The summed E-state index contributed by atoms with van der Waals surface area (Å²) in [5.41, 5.74) is 2.87. The molecule has 0 aliphatic rings. The van der Waals surface area contributed by atoms with E-state index in [4.69, 9.17) is 9.15 Å². The Kier molecular flexibility index (Phi) is 5.46. The molecule has 4 nitrogen and oxygen atoms in total. The number of nitrogens with zero attached hydrogens (tertiary/aromatic N) is 1. The van der Waals surface area contributed by atoms with Gasteiger partial charge in [0.15, 0.2) is 11.7 Å². The van der Waals surface area contributed by atoms with Crippen LogP contribution in [-0.2, 0) is 16.0 Å². The minimum absolute atomic E-state index is 0.166. The lowest BCUT2D eigenvalue weighted by atomic mass is 10.1. The zero-order valence-corrected chi connectivity index (χ0v) is 14.7. The first-order chi connectivity index (χ1) is 12.5. The largest absolute Gasteiger partial charge is 0.458 e. The van der Waals surface area contributed by atoms with E-state index in [0.717, 1.165) is 11.1 Å². The first-order valence-corrected chi connectivity index (χ1v) is 8.48. The smallest absolute Gasteiger partial charge is 0.306 e. The Morgan fingerprint density at radius 3 is 2.54 bits per heavy atom. The number of hydrogen-bond donors (Lipinski definition) is 0. The molecule has 3 aromatic rings. The van der Waals surface area contributed by atoms with Gasteiger partial charge >= 0.3 is 5.97 Å². The molecule has 0 aliphatic carbocycles. The summed E-state index contributed by atoms with van der Waals surface area (Å²) in [7, 11) is 0. The lowest BCUT2D eigenvalue weighted by Crippen LogP contribution is -2.09. The van der Waals surface area contributed by atoms with Crippen molar-refractivity contribution in [3.63, 3.8) is 0 Å². The van der Waals surface area contributed by atoms with Crippen LogP contribution < -0.4 is 0 Å². The molecule has 0 saturated carbocycles. The molecule has 0 fully saturated rings. The number of carbonyl (C=O) groups excluding carboxylic acids is 1. The van der Waals surface area contributed by atoms with Gasteiger partial charge in [-0.3, -0.25) is 4.79 Å². The van der Waals surface area contributed by atoms with E-state index >= 15 is 0 Å². The molecule has 0 bridgehead atoms. The zero-order valence-electron chi connectivity index (χ0n) is 14.7. The van der Waals surface area contributed by atoms with Gasteiger partial charge < -0.3 is 9.15 Å². The summed E-state index contributed by atoms with van der Waals surface area (Å²) in [5, 5.41) is 0. The molecule has 1 aromatic heterocycles. The maximum absolute atomic E-state index is 12.9. The highest BCUT2D eigenvalue weighted by atomic mass is 19.1. The molecule has 0 amide bonds. The molecule has 26 heavy (non-hydrogen) atoms. The molecule has 3 rings (SSSR count). The van der Waals surface area contributed by atoms with Gasteiger partial charge in [-0.1, -0.05) is 42.0 Å². The van der Waals surface area contributed by atoms with Crippen LogP contribution in [0.2, 0.25) is 0 Å². The summed E-state index contributed by atoms with van der Waals surface area (Å²) in [4.78, 5) is 16.2. The molecule has 5 heteroatoms. The molecule has 2 aromatic carbocycles. The van der Waals surface area contributed by atoms with Gasteiger partial charge in [-0.25, -0.2) is 9.37 Å². The Bertz CT molecular complexity index is 869. The molecule has 1 unspecified atom stereocenters. The third-order valence-corrected chi connectivity index (χ3v) is 4.08. The van der Waals surface area contributed by atoms with Crippen molar-refractivity contribution in [2.75, 3.05) is 0 Å². The fourth-order valence-electron chi connectivity index (χ4n) is 2.54. The number of rotatable bonds is 6. The summed E-state index contributed by atoms with van der Waals surface area (Å²) in [6.45, 7) is 3.78. The van der Waals surface area contributed by atoms with Crippen molar-refractivity contribution in [2.24, 2.45) is 0 Å². The third-order valence-electron chi connectivity index (χ3n) is 4.08. The van der Waals surface area contributed by atoms with Crippen LogP contribution in [0.15, 0.2) is 59.1 Å². The van der Waals surface area contributed by atoms with Crippen LogP contribution >= 0.6 is 0 Å². The Balaban J connectivity index is 1.53. The maximum atomic E-state index is 12.9. The van der Waals surface area contributed by atoms with Crippen LogP contribution in [0.3, 0.4) is 0 Å². The quantitative estimate of drug-likeness (QED) is 0.584. The van der Waals surface area contributed by atoms with E-state index in [1.54, 1.807) is 25.3 Å². The standard InChI is InChI=1S/C21H20FNO3/c1-14-3-5-17(6-4-14)19-13-23-20(26-19)11-12-21(24)25-15(2)16-7-9-18(22)10-8-16/h3-10,13,15H,11-12H2,1-2H3. The van der Waals surface area contributed by atoms with E-state index in [-0.39, 0.29) is 18.2 Å². The van der Waals surface area contributed by atoms with Crippen LogP contribution in [0.4, 0.5) is 4.39 Å². The summed E-state index contributed by atoms with van der Waals surface area (Å²) in [6, 6.07) is 13.9. The number of benzene rings is 2. The molecule has 0 spiro atoms. The average Bonchev–Trinajstić information content (AvgIpc) is 3.10. The average molecular weight is 353 g/mol. The normalized spacial score (nSPS) is 12.0. The molecule has 0 radical (unpaired) electrons. The van der Waals surface area contributed by atoms with Crippen molar-refractivity contribution in [3.8, 4) is 11.3 Å². The number of ether oxygens (including phenoxy) is 1. The van der Waals surface area contributed by atoms with Crippen LogP contribution in [0, 0.1) is 12.7 Å². The van der Waals surface area contributed by atoms with Gasteiger partial charge in [-0.2, -0.15) is 0 Å². The predicted octanol–water partition coefficient (Wildman–Crippen LogP) is 5.03. The lowest BCUT2D eigenvalue weighted by Gasteiger charge is -2.13. The van der Waals surface area contributed by atoms with Crippen LogP contribution in [-0.4, -0.2) is 11.0 Å². The highest BCUT2D eigenvalue weighted by Crippen LogP contribution is 2.22. The topological polar surface area (TPSA) is 52.3 Å². The van der Waals surface area contributed by atoms with Crippen LogP contribution in [0.5, 0.6) is 0 Å². The Morgan fingerprint density at radius 1 is 1.15 bits per heavy atom. The van der Waals surface area contributed by atoms with Crippen molar-refractivity contribution in [3.05, 3.63) is 77.6 Å². The zero-order chi connectivity index (χ0) is 18.5. The molecule has 0 saturated heterocycles. The Labute approximate surface area is 151 Å². The van der Waals surface area contributed by atoms with Gasteiger partial charge in [-0.15, -0.1) is 0 Å². The number of oxazole rings is 1. The van der Waals surface area contributed by atoms with Crippen molar-refractivity contribution < 1.29 is 18.3 Å². The number of carbonyl (C=O) groups is 1. The molecule has 0 N–H and O–H groups in total. The van der Waals surface area contributed by atoms with E-state index in [2.05, 4.69) is 4.98 Å². The van der Waals surface area contributed by atoms with E-state index < -0.39 is 6.10 Å². The second-order valence-electron chi connectivity index (χ2n) is 6.17. The van der Waals surface area contributed by atoms with E-state index in [9.17, 15) is 9.18 Å².